The van der Waals surface area contributed by atoms with Crippen LogP contribution in [0.4, 0.5) is 4.39 Å². The predicted molar refractivity (Wildman–Crippen MR) is 79.5 cm³/mol. The van der Waals surface area contributed by atoms with Crippen molar-refractivity contribution in [2.45, 2.75) is 25.1 Å². The first-order valence-electron chi connectivity index (χ1n) is 6.28. The van der Waals surface area contributed by atoms with Crippen LogP contribution in [0.2, 0.25) is 5.02 Å². The van der Waals surface area contributed by atoms with Crippen LogP contribution in [0.25, 0.3) is 0 Å². The average Bonchev–Trinajstić information content (AvgIpc) is 2.42. The minimum atomic E-state index is -0.299. The van der Waals surface area contributed by atoms with E-state index in [4.69, 9.17) is 23.2 Å². The molecule has 0 N–H and O–H groups in total. The maximum Gasteiger partial charge on any atom is 0.127 e. The van der Waals surface area contributed by atoms with Crippen molar-refractivity contribution in [1.29, 1.82) is 0 Å². The van der Waals surface area contributed by atoms with Gasteiger partial charge >= 0.3 is 0 Å². The van der Waals surface area contributed by atoms with E-state index in [1.165, 1.54) is 11.6 Å². The van der Waals surface area contributed by atoms with Crippen molar-refractivity contribution >= 4 is 23.2 Å². The molecule has 3 heteroatoms. The molecule has 0 spiro atoms. The summed E-state index contributed by atoms with van der Waals surface area (Å²) in [5.41, 5.74) is 2.72. The topological polar surface area (TPSA) is 0 Å². The second-order valence-corrected chi connectivity index (χ2v) is 5.36. The Balaban J connectivity index is 2.28. The number of hydrogen-bond acceptors (Lipinski definition) is 0. The van der Waals surface area contributed by atoms with Gasteiger partial charge in [0.05, 0.1) is 5.38 Å². The fourth-order valence-electron chi connectivity index (χ4n) is 2.18. The lowest BCUT2D eigenvalue weighted by Gasteiger charge is -2.15. The van der Waals surface area contributed by atoms with Gasteiger partial charge < -0.3 is 0 Å². The van der Waals surface area contributed by atoms with Crippen LogP contribution in [-0.4, -0.2) is 0 Å². The van der Waals surface area contributed by atoms with Crippen molar-refractivity contribution < 1.29 is 4.39 Å². The monoisotopic (exact) mass is 296 g/mol. The Labute approximate surface area is 123 Å². The van der Waals surface area contributed by atoms with Crippen LogP contribution in [-0.2, 0) is 12.8 Å². The summed E-state index contributed by atoms with van der Waals surface area (Å²) in [6.07, 6.45) is 1.30. The minimum absolute atomic E-state index is 0.273. The molecule has 0 heterocycles. The summed E-state index contributed by atoms with van der Waals surface area (Å²) in [7, 11) is 0. The van der Waals surface area contributed by atoms with E-state index in [0.29, 0.717) is 17.0 Å². The average molecular weight is 297 g/mol. The fourth-order valence-corrected chi connectivity index (χ4v) is 2.79. The first-order chi connectivity index (χ1) is 9.13. The second-order valence-electron chi connectivity index (χ2n) is 4.42. The van der Waals surface area contributed by atoms with Gasteiger partial charge in [-0.25, -0.2) is 4.39 Å². The zero-order chi connectivity index (χ0) is 13.8. The number of benzene rings is 2. The summed E-state index contributed by atoms with van der Waals surface area (Å²) in [4.78, 5) is 0. The van der Waals surface area contributed by atoms with Crippen LogP contribution >= 0.6 is 23.2 Å². The summed E-state index contributed by atoms with van der Waals surface area (Å²) in [6, 6.07) is 12.7. The van der Waals surface area contributed by atoms with E-state index in [0.717, 1.165) is 12.0 Å². The van der Waals surface area contributed by atoms with E-state index in [9.17, 15) is 4.39 Å². The van der Waals surface area contributed by atoms with Gasteiger partial charge in [-0.15, -0.1) is 11.6 Å². The van der Waals surface area contributed by atoms with Gasteiger partial charge in [-0.2, -0.15) is 0 Å². The van der Waals surface area contributed by atoms with Gasteiger partial charge in [0.1, 0.15) is 5.82 Å². The third kappa shape index (κ3) is 3.29. The number of aryl methyl sites for hydroxylation is 1. The Morgan fingerprint density at radius 3 is 2.53 bits per heavy atom. The molecule has 0 nitrogen and oxygen atoms in total. The molecular weight excluding hydrogens is 282 g/mol. The van der Waals surface area contributed by atoms with E-state index < -0.39 is 0 Å². The molecule has 0 aliphatic carbocycles. The standard InChI is InChI=1S/C16H15Cl2F/c1-2-11-6-3-4-7-12(11)15(18)10-13-14(17)8-5-9-16(13)19/h3-9,15H,2,10H2,1H3. The van der Waals surface area contributed by atoms with E-state index >= 15 is 0 Å². The SMILES string of the molecule is CCc1ccccc1C(Cl)Cc1c(F)cccc1Cl. The molecule has 0 radical (unpaired) electrons. The van der Waals surface area contributed by atoms with Crippen molar-refractivity contribution in [3.8, 4) is 0 Å². The Kier molecular flexibility index (Phi) is 4.84. The Morgan fingerprint density at radius 1 is 1.11 bits per heavy atom. The van der Waals surface area contributed by atoms with Crippen LogP contribution in [0.1, 0.15) is 29.0 Å². The normalized spacial score (nSPS) is 12.4. The Hall–Kier alpha value is -1.05. The maximum absolute atomic E-state index is 13.8. The molecule has 2 aromatic rings. The highest BCUT2D eigenvalue weighted by atomic mass is 35.5. The molecule has 19 heavy (non-hydrogen) atoms. The van der Waals surface area contributed by atoms with Gasteiger partial charge in [-0.3, -0.25) is 0 Å². The second kappa shape index (κ2) is 6.40. The molecule has 0 aliphatic rings. The molecule has 1 atom stereocenters. The van der Waals surface area contributed by atoms with Crippen LogP contribution in [0.15, 0.2) is 42.5 Å². The van der Waals surface area contributed by atoms with Crippen LogP contribution in [0, 0.1) is 5.82 Å². The first kappa shape index (κ1) is 14.4. The summed E-state index contributed by atoms with van der Waals surface area (Å²) < 4.78 is 13.8. The molecule has 0 aromatic heterocycles. The molecule has 0 aliphatic heterocycles. The van der Waals surface area contributed by atoms with Crippen molar-refractivity contribution in [3.05, 3.63) is 70.0 Å². The van der Waals surface area contributed by atoms with Crippen molar-refractivity contribution in [3.63, 3.8) is 0 Å². The smallest absolute Gasteiger partial charge is 0.127 e. The fraction of sp³-hybridized carbons (Fsp3) is 0.250. The molecule has 0 bridgehead atoms. The third-order valence-corrected chi connectivity index (χ3v) is 3.96. The molecule has 2 aromatic carbocycles. The summed E-state index contributed by atoms with van der Waals surface area (Å²) in [5, 5.41) is 0.158. The van der Waals surface area contributed by atoms with E-state index in [1.54, 1.807) is 12.1 Å². The van der Waals surface area contributed by atoms with Crippen LogP contribution in [0.5, 0.6) is 0 Å². The molecular formula is C16H15Cl2F. The van der Waals surface area contributed by atoms with Gasteiger partial charge in [0.2, 0.25) is 0 Å². The zero-order valence-electron chi connectivity index (χ0n) is 10.7. The molecule has 0 saturated carbocycles. The molecule has 1 unspecified atom stereocenters. The van der Waals surface area contributed by atoms with Gasteiger partial charge in [-0.05, 0) is 36.1 Å². The van der Waals surface area contributed by atoms with E-state index in [2.05, 4.69) is 6.92 Å². The highest BCUT2D eigenvalue weighted by Crippen LogP contribution is 2.31. The zero-order valence-corrected chi connectivity index (χ0v) is 12.2. The highest BCUT2D eigenvalue weighted by Gasteiger charge is 2.16. The largest absolute Gasteiger partial charge is 0.207 e. The summed E-state index contributed by atoms with van der Waals surface area (Å²) in [5.74, 6) is -0.299. The van der Waals surface area contributed by atoms with Crippen LogP contribution in [0.3, 0.4) is 0 Å². The Bertz CT molecular complexity index is 546. The molecule has 100 valence electrons. The molecule has 0 saturated heterocycles. The summed E-state index contributed by atoms with van der Waals surface area (Å²) >= 11 is 12.5. The third-order valence-electron chi connectivity index (χ3n) is 3.22. The molecule has 2 rings (SSSR count). The predicted octanol–water partition coefficient (Wildman–Crippen LogP) is 5.56. The lowest BCUT2D eigenvalue weighted by atomic mass is 9.98. The molecule has 0 fully saturated rings. The van der Waals surface area contributed by atoms with Gasteiger partial charge in [0.25, 0.3) is 0 Å². The Morgan fingerprint density at radius 2 is 1.84 bits per heavy atom. The highest BCUT2D eigenvalue weighted by molar-refractivity contribution is 6.31. The number of rotatable bonds is 4. The maximum atomic E-state index is 13.8. The minimum Gasteiger partial charge on any atom is -0.207 e. The van der Waals surface area contributed by atoms with Crippen molar-refractivity contribution in [1.82, 2.24) is 0 Å². The van der Waals surface area contributed by atoms with Gasteiger partial charge in [0.15, 0.2) is 0 Å². The first-order valence-corrected chi connectivity index (χ1v) is 7.09. The number of hydrogen-bond donors (Lipinski definition) is 0. The number of alkyl halides is 1. The van der Waals surface area contributed by atoms with E-state index in [1.807, 2.05) is 24.3 Å². The van der Waals surface area contributed by atoms with Crippen molar-refractivity contribution in [2.24, 2.45) is 0 Å². The van der Waals surface area contributed by atoms with Gasteiger partial charge in [0, 0.05) is 10.6 Å². The van der Waals surface area contributed by atoms with Crippen LogP contribution < -0.4 is 0 Å². The lowest BCUT2D eigenvalue weighted by Crippen LogP contribution is -2.02. The quantitative estimate of drug-likeness (QED) is 0.648. The lowest BCUT2D eigenvalue weighted by molar-refractivity contribution is 0.607. The number of halogens is 3. The summed E-state index contributed by atoms with van der Waals surface area (Å²) in [6.45, 7) is 2.08. The van der Waals surface area contributed by atoms with Gasteiger partial charge in [-0.1, -0.05) is 48.9 Å². The van der Waals surface area contributed by atoms with E-state index in [-0.39, 0.29) is 11.2 Å². The molecule has 0 amide bonds. The van der Waals surface area contributed by atoms with Crippen molar-refractivity contribution in [2.75, 3.05) is 0 Å².